The molecule has 172 valence electrons. The van der Waals surface area contributed by atoms with Gasteiger partial charge in [-0.3, -0.25) is 0 Å². The van der Waals surface area contributed by atoms with Crippen molar-refractivity contribution in [3.8, 4) is 22.5 Å². The van der Waals surface area contributed by atoms with Crippen LogP contribution in [0.15, 0.2) is 103 Å². The highest BCUT2D eigenvalue weighted by Gasteiger charge is 2.13. The molecule has 7 heteroatoms. The number of carbonyl (C=O) groups is 1. The van der Waals surface area contributed by atoms with Crippen molar-refractivity contribution in [2.45, 2.75) is 13.1 Å². The highest BCUT2D eigenvalue weighted by molar-refractivity contribution is 5.88. The molecule has 1 aromatic heterocycles. The van der Waals surface area contributed by atoms with Gasteiger partial charge in [-0.15, -0.1) is 10.2 Å². The van der Waals surface area contributed by atoms with Crippen molar-refractivity contribution >= 4 is 11.7 Å². The zero-order valence-corrected chi connectivity index (χ0v) is 18.9. The SMILES string of the molecule is O=C(O)c1cccc(N(Cc2ccccc2)Cc2ccc(-c3ccccc3-c3nn[nH]n3)cc2)c1. The largest absolute Gasteiger partial charge is 0.478 e. The lowest BCUT2D eigenvalue weighted by atomic mass is 9.98. The lowest BCUT2D eigenvalue weighted by molar-refractivity contribution is 0.0697. The van der Waals surface area contributed by atoms with E-state index in [0.717, 1.165) is 33.5 Å². The van der Waals surface area contributed by atoms with Gasteiger partial charge in [0, 0.05) is 24.3 Å². The molecular formula is C28H23N5O2. The third-order valence-electron chi connectivity index (χ3n) is 5.83. The molecule has 2 N–H and O–H groups in total. The Morgan fingerprint density at radius 1 is 0.771 bits per heavy atom. The number of hydrogen-bond acceptors (Lipinski definition) is 5. The number of aromatic amines is 1. The average Bonchev–Trinajstić information content (AvgIpc) is 3.44. The van der Waals surface area contributed by atoms with Crippen LogP contribution in [0.1, 0.15) is 21.5 Å². The quantitative estimate of drug-likeness (QED) is 0.320. The molecule has 0 aliphatic rings. The van der Waals surface area contributed by atoms with Gasteiger partial charge in [0.05, 0.1) is 5.56 Å². The molecule has 0 bridgehead atoms. The standard InChI is InChI=1S/C28H23N5O2/c34-28(35)23-9-6-10-24(17-23)33(18-20-7-2-1-3-8-20)19-21-13-15-22(16-14-21)25-11-4-5-12-26(25)27-29-31-32-30-27/h1-17H,18-19H2,(H,34,35)(H,29,30,31,32). The normalized spacial score (nSPS) is 10.7. The Morgan fingerprint density at radius 3 is 2.14 bits per heavy atom. The van der Waals surface area contributed by atoms with E-state index in [-0.39, 0.29) is 5.56 Å². The molecular weight excluding hydrogens is 438 g/mol. The fraction of sp³-hybridized carbons (Fsp3) is 0.0714. The summed E-state index contributed by atoms with van der Waals surface area (Å²) in [7, 11) is 0. The third-order valence-corrected chi connectivity index (χ3v) is 5.83. The average molecular weight is 462 g/mol. The minimum Gasteiger partial charge on any atom is -0.478 e. The maximum Gasteiger partial charge on any atom is 0.335 e. The topological polar surface area (TPSA) is 95.0 Å². The summed E-state index contributed by atoms with van der Waals surface area (Å²) < 4.78 is 0. The Balaban J connectivity index is 1.44. The van der Waals surface area contributed by atoms with E-state index in [1.165, 1.54) is 0 Å². The van der Waals surface area contributed by atoms with Crippen molar-refractivity contribution in [3.63, 3.8) is 0 Å². The van der Waals surface area contributed by atoms with Gasteiger partial charge in [0.15, 0.2) is 0 Å². The Hall–Kier alpha value is -4.78. The molecule has 1 heterocycles. The van der Waals surface area contributed by atoms with Gasteiger partial charge < -0.3 is 10.0 Å². The Bertz CT molecular complexity index is 1420. The summed E-state index contributed by atoms with van der Waals surface area (Å²) >= 11 is 0. The van der Waals surface area contributed by atoms with Gasteiger partial charge in [0.1, 0.15) is 0 Å². The van der Waals surface area contributed by atoms with Crippen LogP contribution in [0.3, 0.4) is 0 Å². The second-order valence-corrected chi connectivity index (χ2v) is 8.18. The molecule has 0 atom stereocenters. The Morgan fingerprint density at radius 2 is 1.46 bits per heavy atom. The first kappa shape index (κ1) is 22.0. The Kier molecular flexibility index (Phi) is 6.30. The zero-order chi connectivity index (χ0) is 24.0. The van der Waals surface area contributed by atoms with Crippen LogP contribution in [0.25, 0.3) is 22.5 Å². The van der Waals surface area contributed by atoms with Gasteiger partial charge in [-0.05, 0) is 45.7 Å². The van der Waals surface area contributed by atoms with Gasteiger partial charge in [-0.25, -0.2) is 4.79 Å². The monoisotopic (exact) mass is 461 g/mol. The highest BCUT2D eigenvalue weighted by Crippen LogP contribution is 2.30. The second kappa shape index (κ2) is 10.0. The van der Waals surface area contributed by atoms with E-state index in [4.69, 9.17) is 0 Å². The number of anilines is 1. The first-order valence-corrected chi connectivity index (χ1v) is 11.2. The minimum atomic E-state index is -0.934. The third kappa shape index (κ3) is 5.09. The van der Waals surface area contributed by atoms with E-state index in [1.54, 1.807) is 18.2 Å². The molecule has 0 unspecified atom stereocenters. The smallest absolute Gasteiger partial charge is 0.335 e. The van der Waals surface area contributed by atoms with Crippen molar-refractivity contribution in [3.05, 3.63) is 120 Å². The lowest BCUT2D eigenvalue weighted by Crippen LogP contribution is -2.22. The maximum atomic E-state index is 11.5. The number of H-pyrrole nitrogens is 1. The van der Waals surface area contributed by atoms with Crippen LogP contribution < -0.4 is 4.90 Å². The zero-order valence-electron chi connectivity index (χ0n) is 18.9. The molecule has 5 rings (SSSR count). The van der Waals surface area contributed by atoms with Crippen LogP contribution in [0.2, 0.25) is 0 Å². The molecule has 0 aliphatic carbocycles. The molecule has 0 aliphatic heterocycles. The highest BCUT2D eigenvalue weighted by atomic mass is 16.4. The van der Waals surface area contributed by atoms with Crippen molar-refractivity contribution in [2.75, 3.05) is 4.90 Å². The first-order chi connectivity index (χ1) is 17.2. The number of carboxylic acid groups (broad SMARTS) is 1. The summed E-state index contributed by atoms with van der Waals surface area (Å²) in [5.74, 6) is -0.381. The Labute approximate surface area is 202 Å². The van der Waals surface area contributed by atoms with Crippen molar-refractivity contribution in [1.29, 1.82) is 0 Å². The van der Waals surface area contributed by atoms with Crippen molar-refractivity contribution in [2.24, 2.45) is 0 Å². The van der Waals surface area contributed by atoms with E-state index >= 15 is 0 Å². The van der Waals surface area contributed by atoms with Gasteiger partial charge in [0.2, 0.25) is 5.82 Å². The number of tetrazole rings is 1. The molecule has 0 saturated heterocycles. The van der Waals surface area contributed by atoms with E-state index in [1.807, 2.05) is 48.5 Å². The molecule has 0 amide bonds. The summed E-state index contributed by atoms with van der Waals surface area (Å²) in [6, 6.07) is 33.6. The lowest BCUT2D eigenvalue weighted by Gasteiger charge is -2.26. The molecule has 7 nitrogen and oxygen atoms in total. The molecule has 5 aromatic rings. The van der Waals surface area contributed by atoms with Crippen LogP contribution in [0, 0.1) is 0 Å². The summed E-state index contributed by atoms with van der Waals surface area (Å²) in [4.78, 5) is 13.7. The summed E-state index contributed by atoms with van der Waals surface area (Å²) in [6.07, 6.45) is 0. The summed E-state index contributed by atoms with van der Waals surface area (Å²) in [5.41, 5.74) is 6.38. The van der Waals surface area contributed by atoms with Gasteiger partial charge in [0.25, 0.3) is 0 Å². The minimum absolute atomic E-state index is 0.272. The van der Waals surface area contributed by atoms with Crippen molar-refractivity contribution < 1.29 is 9.90 Å². The van der Waals surface area contributed by atoms with Gasteiger partial charge in [-0.2, -0.15) is 5.21 Å². The van der Waals surface area contributed by atoms with Gasteiger partial charge in [-0.1, -0.05) is 84.9 Å². The van der Waals surface area contributed by atoms with E-state index in [0.29, 0.717) is 18.9 Å². The fourth-order valence-corrected chi connectivity index (χ4v) is 4.09. The predicted molar refractivity (Wildman–Crippen MR) is 135 cm³/mol. The van der Waals surface area contributed by atoms with E-state index < -0.39 is 5.97 Å². The van der Waals surface area contributed by atoms with E-state index in [9.17, 15) is 9.90 Å². The van der Waals surface area contributed by atoms with Crippen LogP contribution in [0.5, 0.6) is 0 Å². The van der Waals surface area contributed by atoms with Gasteiger partial charge >= 0.3 is 5.97 Å². The maximum absolute atomic E-state index is 11.5. The number of aromatic carboxylic acids is 1. The van der Waals surface area contributed by atoms with Crippen LogP contribution in [-0.4, -0.2) is 31.7 Å². The number of benzene rings is 4. The number of aromatic nitrogens is 4. The number of nitrogens with one attached hydrogen (secondary N) is 1. The first-order valence-electron chi connectivity index (χ1n) is 11.2. The van der Waals surface area contributed by atoms with Crippen LogP contribution in [-0.2, 0) is 13.1 Å². The number of carboxylic acids is 1. The second-order valence-electron chi connectivity index (χ2n) is 8.18. The summed E-state index contributed by atoms with van der Waals surface area (Å²) in [6.45, 7) is 1.29. The van der Waals surface area contributed by atoms with Crippen LogP contribution >= 0.6 is 0 Å². The number of nitrogens with zero attached hydrogens (tertiary/aromatic N) is 4. The molecule has 0 radical (unpaired) electrons. The summed E-state index contributed by atoms with van der Waals surface area (Å²) in [5, 5.41) is 23.9. The molecule has 0 spiro atoms. The molecule has 0 fully saturated rings. The molecule has 4 aromatic carbocycles. The van der Waals surface area contributed by atoms with Crippen LogP contribution in [0.4, 0.5) is 5.69 Å². The number of hydrogen-bond donors (Lipinski definition) is 2. The number of rotatable bonds is 8. The fourth-order valence-electron chi connectivity index (χ4n) is 4.09. The molecule has 35 heavy (non-hydrogen) atoms. The predicted octanol–water partition coefficient (Wildman–Crippen LogP) is 5.44. The molecule has 0 saturated carbocycles. The van der Waals surface area contributed by atoms with Crippen molar-refractivity contribution in [1.82, 2.24) is 20.6 Å². The van der Waals surface area contributed by atoms with E-state index in [2.05, 4.69) is 61.9 Å².